The van der Waals surface area contributed by atoms with E-state index in [4.69, 9.17) is 14.6 Å². The van der Waals surface area contributed by atoms with Crippen molar-refractivity contribution in [2.75, 3.05) is 33.5 Å². The van der Waals surface area contributed by atoms with Crippen LogP contribution in [0.15, 0.2) is 18.2 Å². The molecule has 0 saturated heterocycles. The lowest BCUT2D eigenvalue weighted by molar-refractivity contribution is -0.120. The molecule has 106 valence electrons. The van der Waals surface area contributed by atoms with Crippen molar-refractivity contribution < 1.29 is 23.8 Å². The second-order valence-corrected chi connectivity index (χ2v) is 3.83. The van der Waals surface area contributed by atoms with E-state index in [0.29, 0.717) is 18.7 Å². The summed E-state index contributed by atoms with van der Waals surface area (Å²) in [7, 11) is 1.39. The highest BCUT2D eigenvalue weighted by Gasteiger charge is 2.07. The number of amides is 1. The van der Waals surface area contributed by atoms with Gasteiger partial charge >= 0.3 is 0 Å². The first-order chi connectivity index (χ1) is 9.17. The van der Waals surface area contributed by atoms with Crippen LogP contribution in [0.4, 0.5) is 4.39 Å². The Morgan fingerprint density at radius 3 is 2.84 bits per heavy atom. The summed E-state index contributed by atoms with van der Waals surface area (Å²) in [5, 5.41) is 11.1. The maximum absolute atomic E-state index is 13.4. The van der Waals surface area contributed by atoms with Gasteiger partial charge in [-0.2, -0.15) is 0 Å². The van der Waals surface area contributed by atoms with Crippen LogP contribution in [0.3, 0.4) is 0 Å². The van der Waals surface area contributed by atoms with E-state index in [1.54, 1.807) is 6.07 Å². The van der Waals surface area contributed by atoms with Crippen LogP contribution in [0.1, 0.15) is 5.56 Å². The zero-order chi connectivity index (χ0) is 14.1. The minimum atomic E-state index is -0.487. The topological polar surface area (TPSA) is 67.8 Å². The number of aliphatic hydroxyl groups is 1. The molecule has 0 radical (unpaired) electrons. The Hall–Kier alpha value is -1.66. The summed E-state index contributed by atoms with van der Waals surface area (Å²) in [5.74, 6) is -0.544. The number of aliphatic hydroxyl groups excluding tert-OH is 1. The zero-order valence-corrected chi connectivity index (χ0v) is 10.8. The third-order valence-electron chi connectivity index (χ3n) is 2.39. The van der Waals surface area contributed by atoms with Gasteiger partial charge in [0.05, 0.1) is 33.4 Å². The number of methoxy groups -OCH3 is 1. The number of benzene rings is 1. The van der Waals surface area contributed by atoms with E-state index < -0.39 is 5.82 Å². The van der Waals surface area contributed by atoms with Gasteiger partial charge in [0.2, 0.25) is 5.91 Å². The van der Waals surface area contributed by atoms with E-state index in [-0.39, 0.29) is 31.3 Å². The summed E-state index contributed by atoms with van der Waals surface area (Å²) in [5.41, 5.74) is 0.576. The molecule has 1 rings (SSSR count). The summed E-state index contributed by atoms with van der Waals surface area (Å²) >= 11 is 0. The largest absolute Gasteiger partial charge is 0.494 e. The van der Waals surface area contributed by atoms with E-state index in [9.17, 15) is 9.18 Å². The fraction of sp³-hybridized carbons (Fsp3) is 0.462. The molecule has 0 heterocycles. The molecule has 0 aliphatic carbocycles. The predicted octanol–water partition coefficient (Wildman–Crippen LogP) is 0.502. The lowest BCUT2D eigenvalue weighted by atomic mass is 10.1. The lowest BCUT2D eigenvalue weighted by Crippen LogP contribution is -2.28. The molecular formula is C13H18FNO4. The Morgan fingerprint density at radius 2 is 2.21 bits per heavy atom. The van der Waals surface area contributed by atoms with Gasteiger partial charge in [-0.1, -0.05) is 6.07 Å². The maximum atomic E-state index is 13.4. The van der Waals surface area contributed by atoms with Crippen LogP contribution < -0.4 is 10.1 Å². The molecule has 0 aliphatic heterocycles. The molecule has 1 amide bonds. The number of carbonyl (C=O) groups excluding carboxylic acids is 1. The van der Waals surface area contributed by atoms with Crippen LogP contribution >= 0.6 is 0 Å². The standard InChI is InChI=1S/C13H18FNO4/c1-18-12-3-2-10(8-11(12)14)9-13(17)15-4-6-19-7-5-16/h2-3,8,16H,4-7,9H2,1H3,(H,15,17). The highest BCUT2D eigenvalue weighted by Crippen LogP contribution is 2.17. The second kappa shape index (κ2) is 8.44. The van der Waals surface area contributed by atoms with Gasteiger partial charge in [-0.25, -0.2) is 4.39 Å². The summed E-state index contributed by atoms with van der Waals surface area (Å²) in [6.07, 6.45) is 0.0981. The predicted molar refractivity (Wildman–Crippen MR) is 67.6 cm³/mol. The number of carbonyl (C=O) groups is 1. The monoisotopic (exact) mass is 271 g/mol. The molecule has 0 spiro atoms. The van der Waals surface area contributed by atoms with Gasteiger partial charge in [-0.15, -0.1) is 0 Å². The Morgan fingerprint density at radius 1 is 1.42 bits per heavy atom. The van der Waals surface area contributed by atoms with E-state index >= 15 is 0 Å². The summed E-state index contributed by atoms with van der Waals surface area (Å²) in [4.78, 5) is 11.5. The number of hydrogen-bond acceptors (Lipinski definition) is 4. The lowest BCUT2D eigenvalue weighted by Gasteiger charge is -2.07. The van der Waals surface area contributed by atoms with Crippen molar-refractivity contribution in [3.63, 3.8) is 0 Å². The SMILES string of the molecule is COc1ccc(CC(=O)NCCOCCO)cc1F. The number of rotatable bonds is 8. The van der Waals surface area contributed by atoms with Gasteiger partial charge in [-0.05, 0) is 17.7 Å². The molecule has 0 atom stereocenters. The number of nitrogens with one attached hydrogen (secondary N) is 1. The molecule has 0 aromatic heterocycles. The Bertz CT molecular complexity index is 412. The molecule has 0 fully saturated rings. The number of ether oxygens (including phenoxy) is 2. The molecule has 0 bridgehead atoms. The molecule has 0 saturated carbocycles. The minimum Gasteiger partial charge on any atom is -0.494 e. The van der Waals surface area contributed by atoms with Crippen LogP contribution in [0.2, 0.25) is 0 Å². The quantitative estimate of drug-likeness (QED) is 0.676. The fourth-order valence-electron chi connectivity index (χ4n) is 1.50. The minimum absolute atomic E-state index is 0.0426. The van der Waals surface area contributed by atoms with Gasteiger partial charge in [0.25, 0.3) is 0 Å². The third-order valence-corrected chi connectivity index (χ3v) is 2.39. The van der Waals surface area contributed by atoms with Gasteiger partial charge in [0, 0.05) is 6.54 Å². The summed E-state index contributed by atoms with van der Waals surface area (Å²) in [6, 6.07) is 4.41. The average Bonchev–Trinajstić information content (AvgIpc) is 2.39. The molecular weight excluding hydrogens is 253 g/mol. The summed E-state index contributed by atoms with van der Waals surface area (Å²) < 4.78 is 23.2. The Kier molecular flexibility index (Phi) is 6.84. The second-order valence-electron chi connectivity index (χ2n) is 3.83. The molecule has 0 unspecified atom stereocenters. The molecule has 0 aliphatic rings. The van der Waals surface area contributed by atoms with Crippen molar-refractivity contribution in [1.29, 1.82) is 0 Å². The van der Waals surface area contributed by atoms with Crippen LogP contribution in [0.25, 0.3) is 0 Å². The molecule has 6 heteroatoms. The maximum Gasteiger partial charge on any atom is 0.224 e. The first kappa shape index (κ1) is 15.4. The normalized spacial score (nSPS) is 10.3. The Balaban J connectivity index is 2.34. The van der Waals surface area contributed by atoms with Gasteiger partial charge in [0.1, 0.15) is 0 Å². The Labute approximate surface area is 111 Å². The summed E-state index contributed by atoms with van der Waals surface area (Å²) in [6.45, 7) is 0.902. The first-order valence-corrected chi connectivity index (χ1v) is 5.95. The van der Waals surface area contributed by atoms with E-state index in [2.05, 4.69) is 5.32 Å². The van der Waals surface area contributed by atoms with E-state index in [1.165, 1.54) is 19.2 Å². The van der Waals surface area contributed by atoms with Gasteiger partial charge in [-0.3, -0.25) is 4.79 Å². The third kappa shape index (κ3) is 5.67. The van der Waals surface area contributed by atoms with E-state index in [0.717, 1.165) is 0 Å². The van der Waals surface area contributed by atoms with Crippen LogP contribution in [0, 0.1) is 5.82 Å². The van der Waals surface area contributed by atoms with Gasteiger partial charge in [0.15, 0.2) is 11.6 Å². The van der Waals surface area contributed by atoms with E-state index in [1.807, 2.05) is 0 Å². The molecule has 1 aromatic carbocycles. The van der Waals surface area contributed by atoms with Gasteiger partial charge < -0.3 is 19.9 Å². The van der Waals surface area contributed by atoms with Crippen LogP contribution in [0.5, 0.6) is 5.75 Å². The first-order valence-electron chi connectivity index (χ1n) is 5.95. The highest BCUT2D eigenvalue weighted by molar-refractivity contribution is 5.78. The van der Waals surface area contributed by atoms with Crippen molar-refractivity contribution in [3.05, 3.63) is 29.6 Å². The highest BCUT2D eigenvalue weighted by atomic mass is 19.1. The van der Waals surface area contributed by atoms with Crippen molar-refractivity contribution >= 4 is 5.91 Å². The molecule has 1 aromatic rings. The van der Waals surface area contributed by atoms with Crippen LogP contribution in [-0.4, -0.2) is 44.5 Å². The molecule has 2 N–H and O–H groups in total. The average molecular weight is 271 g/mol. The molecule has 19 heavy (non-hydrogen) atoms. The van der Waals surface area contributed by atoms with Crippen molar-refractivity contribution in [1.82, 2.24) is 5.32 Å². The van der Waals surface area contributed by atoms with Crippen molar-refractivity contribution in [3.8, 4) is 5.75 Å². The smallest absolute Gasteiger partial charge is 0.224 e. The van der Waals surface area contributed by atoms with Crippen LogP contribution in [-0.2, 0) is 16.0 Å². The van der Waals surface area contributed by atoms with Crippen molar-refractivity contribution in [2.24, 2.45) is 0 Å². The molecule has 5 nitrogen and oxygen atoms in total. The number of halogens is 1. The van der Waals surface area contributed by atoms with Crippen molar-refractivity contribution in [2.45, 2.75) is 6.42 Å². The fourth-order valence-corrected chi connectivity index (χ4v) is 1.50. The zero-order valence-electron chi connectivity index (χ0n) is 10.8. The number of hydrogen-bond donors (Lipinski definition) is 2.